The molecule has 1 rings (SSSR count). The van der Waals surface area contributed by atoms with Crippen LogP contribution in [-0.4, -0.2) is 71.4 Å². The van der Waals surface area contributed by atoms with Crippen LogP contribution in [0.5, 0.6) is 0 Å². The fraction of sp³-hybridized carbons (Fsp3) is 0.867. The number of halogens is 1. The van der Waals surface area contributed by atoms with Gasteiger partial charge in [0.25, 0.3) is 0 Å². The van der Waals surface area contributed by atoms with E-state index in [4.69, 9.17) is 0 Å². The highest BCUT2D eigenvalue weighted by molar-refractivity contribution is 14.0. The molecule has 1 saturated carbocycles. The first kappa shape index (κ1) is 23.4. The second-order valence-electron chi connectivity index (χ2n) is 6.52. The summed E-state index contributed by atoms with van der Waals surface area (Å²) in [6, 6.07) is 0. The Morgan fingerprint density at radius 3 is 2.25 bits per heavy atom. The van der Waals surface area contributed by atoms with Gasteiger partial charge in [0.05, 0.1) is 11.2 Å². The summed E-state index contributed by atoms with van der Waals surface area (Å²) in [6.07, 6.45) is 5.69. The van der Waals surface area contributed by atoms with E-state index in [-0.39, 0.29) is 41.1 Å². The average molecular weight is 474 g/mol. The Kier molecular flexibility index (Phi) is 10.2. The van der Waals surface area contributed by atoms with Crippen molar-refractivity contribution in [1.29, 1.82) is 0 Å². The number of nitrogens with zero attached hydrogens (tertiary/aromatic N) is 2. The number of rotatable bonds is 7. The van der Waals surface area contributed by atoms with E-state index in [1.165, 1.54) is 6.26 Å². The summed E-state index contributed by atoms with van der Waals surface area (Å²) in [5, 5.41) is 6.33. The Hall–Kier alpha value is -0.580. The highest BCUT2D eigenvalue weighted by atomic mass is 127. The normalized spacial score (nSPS) is 17.1. The smallest absolute Gasteiger partial charge is 0.230 e. The first-order valence-corrected chi connectivity index (χ1v) is 10.1. The molecule has 0 aromatic heterocycles. The first-order valence-electron chi connectivity index (χ1n) is 8.04. The van der Waals surface area contributed by atoms with Gasteiger partial charge >= 0.3 is 0 Å². The number of hydrogen-bond donors (Lipinski definition) is 2. The van der Waals surface area contributed by atoms with E-state index in [9.17, 15) is 13.2 Å². The minimum Gasteiger partial charge on any atom is -0.356 e. The Bertz CT molecular complexity index is 529. The number of hydrogen-bond acceptors (Lipinski definition) is 4. The minimum absolute atomic E-state index is 0. The van der Waals surface area contributed by atoms with E-state index in [0.29, 0.717) is 25.5 Å². The molecule has 9 heteroatoms. The first-order chi connectivity index (χ1) is 10.7. The lowest BCUT2D eigenvalue weighted by atomic mass is 9.84. The third-order valence-corrected chi connectivity index (χ3v) is 5.25. The van der Waals surface area contributed by atoms with E-state index in [2.05, 4.69) is 15.6 Å². The van der Waals surface area contributed by atoms with E-state index in [1.54, 1.807) is 26.0 Å². The molecular weight excluding hydrogens is 443 g/mol. The average Bonchev–Trinajstić information content (AvgIpc) is 2.94. The molecule has 24 heavy (non-hydrogen) atoms. The molecule has 142 valence electrons. The molecule has 1 fully saturated rings. The van der Waals surface area contributed by atoms with Gasteiger partial charge in [-0.1, -0.05) is 12.8 Å². The van der Waals surface area contributed by atoms with Crippen LogP contribution < -0.4 is 10.6 Å². The van der Waals surface area contributed by atoms with Crippen molar-refractivity contribution in [1.82, 2.24) is 15.5 Å². The van der Waals surface area contributed by atoms with Crippen molar-refractivity contribution >= 4 is 45.7 Å². The van der Waals surface area contributed by atoms with Crippen LogP contribution in [0, 0.1) is 5.41 Å². The van der Waals surface area contributed by atoms with Crippen molar-refractivity contribution in [3.63, 3.8) is 0 Å². The van der Waals surface area contributed by atoms with Crippen molar-refractivity contribution in [2.24, 2.45) is 10.4 Å². The van der Waals surface area contributed by atoms with Crippen LogP contribution in [0.4, 0.5) is 0 Å². The molecule has 0 heterocycles. The lowest BCUT2D eigenvalue weighted by Gasteiger charge is -2.31. The van der Waals surface area contributed by atoms with Gasteiger partial charge in [0.15, 0.2) is 5.96 Å². The molecular formula is C15H31IN4O3S. The highest BCUT2D eigenvalue weighted by Crippen LogP contribution is 2.38. The number of guanidine groups is 1. The number of carbonyl (C=O) groups is 1. The summed E-state index contributed by atoms with van der Waals surface area (Å²) in [7, 11) is 2.32. The zero-order valence-corrected chi connectivity index (χ0v) is 18.2. The summed E-state index contributed by atoms with van der Waals surface area (Å²) in [5.74, 6) is 0.923. The fourth-order valence-corrected chi connectivity index (χ4v) is 3.68. The van der Waals surface area contributed by atoms with Gasteiger partial charge < -0.3 is 15.5 Å². The van der Waals surface area contributed by atoms with Crippen LogP contribution >= 0.6 is 24.0 Å². The molecule has 0 atom stereocenters. The van der Waals surface area contributed by atoms with Gasteiger partial charge in [0.2, 0.25) is 5.91 Å². The summed E-state index contributed by atoms with van der Waals surface area (Å²) >= 11 is 0. The number of sulfone groups is 1. The summed E-state index contributed by atoms with van der Waals surface area (Å²) in [5.41, 5.74) is -0.353. The van der Waals surface area contributed by atoms with E-state index < -0.39 is 9.84 Å². The Labute approximate surface area is 163 Å². The molecule has 0 aromatic rings. The van der Waals surface area contributed by atoms with Gasteiger partial charge in [-0.3, -0.25) is 9.79 Å². The number of amides is 1. The topological polar surface area (TPSA) is 90.9 Å². The van der Waals surface area contributed by atoms with Crippen LogP contribution in [0.1, 0.15) is 32.1 Å². The van der Waals surface area contributed by atoms with Crippen molar-refractivity contribution in [3.05, 3.63) is 0 Å². The lowest BCUT2D eigenvalue weighted by molar-refractivity contribution is -0.138. The molecule has 0 bridgehead atoms. The summed E-state index contributed by atoms with van der Waals surface area (Å²) in [4.78, 5) is 18.3. The standard InChI is InChI=1S/C15H30N4O3S.HI/c1-16-14(17-10-7-11-23(4,21)22)18-12-15(8-5-6-9-15)13(20)19(2)3;/h5-12H2,1-4H3,(H2,16,17,18);1H. The Balaban J connectivity index is 0.00000529. The second-order valence-corrected chi connectivity index (χ2v) is 8.78. The summed E-state index contributed by atoms with van der Waals surface area (Å²) in [6.45, 7) is 1.08. The minimum atomic E-state index is -2.94. The molecule has 2 N–H and O–H groups in total. The van der Waals surface area contributed by atoms with Gasteiger partial charge in [-0.25, -0.2) is 8.42 Å². The van der Waals surface area contributed by atoms with Crippen LogP contribution in [0.3, 0.4) is 0 Å². The predicted molar refractivity (Wildman–Crippen MR) is 109 cm³/mol. The molecule has 1 aliphatic rings. The molecule has 0 unspecified atom stereocenters. The van der Waals surface area contributed by atoms with Crippen molar-refractivity contribution in [2.75, 3.05) is 46.2 Å². The molecule has 0 saturated heterocycles. The Morgan fingerprint density at radius 1 is 1.21 bits per heavy atom. The van der Waals surface area contributed by atoms with Crippen LogP contribution in [-0.2, 0) is 14.6 Å². The molecule has 7 nitrogen and oxygen atoms in total. The van der Waals surface area contributed by atoms with Crippen molar-refractivity contribution < 1.29 is 13.2 Å². The SMILES string of the molecule is CN=C(NCCCS(C)(=O)=O)NCC1(C(=O)N(C)C)CCCC1.I. The van der Waals surface area contributed by atoms with E-state index in [1.807, 2.05) is 0 Å². The third kappa shape index (κ3) is 7.54. The van der Waals surface area contributed by atoms with Crippen LogP contribution in [0.2, 0.25) is 0 Å². The molecule has 1 amide bonds. The van der Waals surface area contributed by atoms with E-state index in [0.717, 1.165) is 25.7 Å². The second kappa shape index (κ2) is 10.4. The molecule has 1 aliphatic carbocycles. The zero-order chi connectivity index (χ0) is 17.5. The lowest BCUT2D eigenvalue weighted by Crippen LogP contribution is -2.49. The predicted octanol–water partition coefficient (Wildman–Crippen LogP) is 0.853. The summed E-state index contributed by atoms with van der Waals surface area (Å²) < 4.78 is 22.2. The third-order valence-electron chi connectivity index (χ3n) is 4.22. The fourth-order valence-electron chi connectivity index (χ4n) is 3.01. The van der Waals surface area contributed by atoms with Gasteiger partial charge in [0.1, 0.15) is 9.84 Å². The number of carbonyl (C=O) groups excluding carboxylic acids is 1. The van der Waals surface area contributed by atoms with Gasteiger partial charge in [-0.05, 0) is 19.3 Å². The van der Waals surface area contributed by atoms with Gasteiger partial charge in [-0.15, -0.1) is 24.0 Å². The van der Waals surface area contributed by atoms with Crippen LogP contribution in [0.25, 0.3) is 0 Å². The van der Waals surface area contributed by atoms with Crippen molar-refractivity contribution in [2.45, 2.75) is 32.1 Å². The molecule has 0 aliphatic heterocycles. The largest absolute Gasteiger partial charge is 0.356 e. The quantitative estimate of drug-likeness (QED) is 0.247. The van der Waals surface area contributed by atoms with Crippen LogP contribution in [0.15, 0.2) is 4.99 Å². The number of aliphatic imine (C=N–C) groups is 1. The maximum Gasteiger partial charge on any atom is 0.230 e. The van der Waals surface area contributed by atoms with Gasteiger partial charge in [0, 0.05) is 40.5 Å². The Morgan fingerprint density at radius 2 is 1.79 bits per heavy atom. The maximum absolute atomic E-state index is 12.5. The maximum atomic E-state index is 12.5. The molecule has 0 spiro atoms. The molecule has 0 radical (unpaired) electrons. The zero-order valence-electron chi connectivity index (χ0n) is 15.1. The number of nitrogens with one attached hydrogen (secondary N) is 2. The van der Waals surface area contributed by atoms with Gasteiger partial charge in [-0.2, -0.15) is 0 Å². The van der Waals surface area contributed by atoms with E-state index >= 15 is 0 Å². The molecule has 0 aromatic carbocycles. The van der Waals surface area contributed by atoms with Crippen molar-refractivity contribution in [3.8, 4) is 0 Å². The highest BCUT2D eigenvalue weighted by Gasteiger charge is 2.42. The monoisotopic (exact) mass is 474 g/mol.